The zero-order chi connectivity index (χ0) is 24.6. The maximum atomic E-state index is 13.2. The summed E-state index contributed by atoms with van der Waals surface area (Å²) < 4.78 is 10.6. The minimum Gasteiger partial charge on any atom is -0.497 e. The number of carbonyl (C=O) groups excluding carboxylic acids is 2. The Morgan fingerprint density at radius 2 is 1.71 bits per heavy atom. The highest BCUT2D eigenvalue weighted by atomic mass is 32.2. The predicted molar refractivity (Wildman–Crippen MR) is 140 cm³/mol. The van der Waals surface area contributed by atoms with Crippen LogP contribution in [0.5, 0.6) is 11.5 Å². The Morgan fingerprint density at radius 1 is 1.00 bits per heavy atom. The molecule has 0 unspecified atom stereocenters. The summed E-state index contributed by atoms with van der Waals surface area (Å²) in [5.41, 5.74) is 2.37. The zero-order valence-electron chi connectivity index (χ0n) is 19.6. The van der Waals surface area contributed by atoms with Crippen molar-refractivity contribution in [2.24, 2.45) is 4.99 Å². The Balaban J connectivity index is 1.53. The van der Waals surface area contributed by atoms with E-state index in [9.17, 15) is 9.59 Å². The van der Waals surface area contributed by atoms with Crippen molar-refractivity contribution >= 4 is 40.1 Å². The number of amides is 2. The van der Waals surface area contributed by atoms with Crippen LogP contribution in [-0.2, 0) is 16.0 Å². The number of carbonyl (C=O) groups is 2. The summed E-state index contributed by atoms with van der Waals surface area (Å²) in [6.07, 6.45) is 0.740. The van der Waals surface area contributed by atoms with E-state index in [1.165, 1.54) is 11.8 Å². The zero-order valence-corrected chi connectivity index (χ0v) is 20.5. The first-order valence-corrected chi connectivity index (χ1v) is 12.1. The van der Waals surface area contributed by atoms with Crippen molar-refractivity contribution in [2.75, 3.05) is 26.1 Å². The van der Waals surface area contributed by atoms with Gasteiger partial charge in [0.25, 0.3) is 0 Å². The normalized spacial score (nSPS) is 16.7. The molecule has 1 fully saturated rings. The molecule has 0 spiro atoms. The molecule has 1 aliphatic heterocycles. The fourth-order valence-electron chi connectivity index (χ4n) is 3.67. The number of amidine groups is 1. The van der Waals surface area contributed by atoms with Crippen LogP contribution in [0.25, 0.3) is 0 Å². The van der Waals surface area contributed by atoms with Gasteiger partial charge in [-0.05, 0) is 48.4 Å². The number of nitrogens with zero attached hydrogens (tertiary/aromatic N) is 2. The van der Waals surface area contributed by atoms with Gasteiger partial charge in [-0.2, -0.15) is 0 Å². The van der Waals surface area contributed by atoms with Gasteiger partial charge in [-0.3, -0.25) is 14.5 Å². The molecular weight excluding hydrogens is 462 g/mol. The molecule has 0 aromatic heterocycles. The molecule has 3 aromatic carbocycles. The lowest BCUT2D eigenvalue weighted by atomic mass is 10.1. The van der Waals surface area contributed by atoms with E-state index >= 15 is 0 Å². The van der Waals surface area contributed by atoms with Gasteiger partial charge in [0.05, 0.1) is 25.6 Å². The summed E-state index contributed by atoms with van der Waals surface area (Å²) in [5, 5.41) is 2.81. The summed E-state index contributed by atoms with van der Waals surface area (Å²) in [6, 6.07) is 24.4. The second-order valence-electron chi connectivity index (χ2n) is 7.87. The molecule has 7 nitrogen and oxygen atoms in total. The highest BCUT2D eigenvalue weighted by Gasteiger charge is 2.36. The minimum absolute atomic E-state index is 0.0854. The van der Waals surface area contributed by atoms with Crippen LogP contribution < -0.4 is 14.8 Å². The first kappa shape index (κ1) is 24.3. The van der Waals surface area contributed by atoms with Crippen LogP contribution in [0, 0.1) is 0 Å². The smallest absolute Gasteiger partial charge is 0.238 e. The van der Waals surface area contributed by atoms with Gasteiger partial charge in [0.1, 0.15) is 16.7 Å². The van der Waals surface area contributed by atoms with E-state index in [4.69, 9.17) is 14.5 Å². The van der Waals surface area contributed by atoms with Crippen LogP contribution in [-0.4, -0.2) is 47.9 Å². The Kier molecular flexibility index (Phi) is 8.05. The molecular formula is C27H27N3O4S. The van der Waals surface area contributed by atoms with Gasteiger partial charge in [-0.1, -0.05) is 54.2 Å². The van der Waals surface area contributed by atoms with Crippen LogP contribution in [0.1, 0.15) is 12.0 Å². The summed E-state index contributed by atoms with van der Waals surface area (Å²) in [6.45, 7) is 0.463. The van der Waals surface area contributed by atoms with Crippen molar-refractivity contribution in [1.29, 1.82) is 0 Å². The molecule has 1 atom stereocenters. The average Bonchev–Trinajstić information content (AvgIpc) is 2.89. The summed E-state index contributed by atoms with van der Waals surface area (Å²) >= 11 is 1.30. The number of ether oxygens (including phenoxy) is 2. The number of nitrogens with one attached hydrogen (secondary N) is 1. The van der Waals surface area contributed by atoms with Crippen LogP contribution >= 0.6 is 11.8 Å². The van der Waals surface area contributed by atoms with Crippen molar-refractivity contribution in [3.63, 3.8) is 0 Å². The van der Waals surface area contributed by atoms with Crippen molar-refractivity contribution in [1.82, 2.24) is 4.90 Å². The van der Waals surface area contributed by atoms with E-state index in [1.54, 1.807) is 31.3 Å². The minimum atomic E-state index is -0.605. The molecule has 0 radical (unpaired) electrons. The third kappa shape index (κ3) is 6.22. The fraction of sp³-hybridized carbons (Fsp3) is 0.222. The van der Waals surface area contributed by atoms with E-state index < -0.39 is 5.25 Å². The number of hydrogen-bond donors (Lipinski definition) is 1. The second kappa shape index (κ2) is 11.6. The molecule has 2 amide bonds. The fourth-order valence-corrected chi connectivity index (χ4v) is 4.79. The monoisotopic (exact) mass is 489 g/mol. The van der Waals surface area contributed by atoms with Gasteiger partial charge in [-0.25, -0.2) is 4.99 Å². The Labute approximate surface area is 209 Å². The van der Waals surface area contributed by atoms with Crippen molar-refractivity contribution in [3.8, 4) is 11.5 Å². The van der Waals surface area contributed by atoms with Crippen LogP contribution in [0.15, 0.2) is 83.9 Å². The number of methoxy groups -OCH3 is 2. The van der Waals surface area contributed by atoms with E-state index in [-0.39, 0.29) is 18.2 Å². The summed E-state index contributed by atoms with van der Waals surface area (Å²) in [7, 11) is 3.18. The molecule has 3 aromatic rings. The quantitative estimate of drug-likeness (QED) is 0.487. The number of aliphatic imine (C=N–C) groups is 1. The first-order valence-electron chi connectivity index (χ1n) is 11.2. The average molecular weight is 490 g/mol. The number of thioether (sulfide) groups is 1. The number of anilines is 1. The second-order valence-corrected chi connectivity index (χ2v) is 9.04. The molecule has 8 heteroatoms. The maximum absolute atomic E-state index is 13.2. The molecule has 0 bridgehead atoms. The molecule has 1 saturated heterocycles. The molecule has 1 aliphatic rings. The SMILES string of the molecule is COc1ccc(CCN2C(=O)C[C@@H](C(=O)Nc3ccccc3OC)SC2=Nc2ccccc2)cc1. The van der Waals surface area contributed by atoms with Crippen LogP contribution in [0.2, 0.25) is 0 Å². The lowest BCUT2D eigenvalue weighted by molar-refractivity contribution is -0.129. The molecule has 0 aliphatic carbocycles. The molecule has 180 valence electrons. The standard InChI is InChI=1S/C27H27N3O4S/c1-33-21-14-12-19(13-15-21)16-17-30-25(31)18-24(35-27(30)28-20-8-4-3-5-9-20)26(32)29-22-10-6-7-11-23(22)34-2/h3-15,24H,16-18H2,1-2H3,(H,29,32)/t24-/m0/s1. The first-order chi connectivity index (χ1) is 17.1. The molecule has 1 N–H and O–H groups in total. The maximum Gasteiger partial charge on any atom is 0.238 e. The Bertz CT molecular complexity index is 1200. The van der Waals surface area contributed by atoms with Gasteiger partial charge < -0.3 is 14.8 Å². The number of rotatable bonds is 8. The lowest BCUT2D eigenvalue weighted by Gasteiger charge is -2.32. The molecule has 0 saturated carbocycles. The number of para-hydroxylation sites is 3. The van der Waals surface area contributed by atoms with Crippen LogP contribution in [0.3, 0.4) is 0 Å². The third-order valence-electron chi connectivity index (χ3n) is 5.56. The number of hydrogen-bond acceptors (Lipinski definition) is 6. The van der Waals surface area contributed by atoms with Gasteiger partial charge in [0.2, 0.25) is 11.8 Å². The van der Waals surface area contributed by atoms with E-state index in [0.717, 1.165) is 17.0 Å². The molecule has 35 heavy (non-hydrogen) atoms. The van der Waals surface area contributed by atoms with E-state index in [1.807, 2.05) is 66.7 Å². The Hall–Kier alpha value is -3.78. The molecule has 1 heterocycles. The predicted octanol–water partition coefficient (Wildman–Crippen LogP) is 4.91. The van der Waals surface area contributed by atoms with E-state index in [0.29, 0.717) is 29.6 Å². The molecule has 4 rings (SSSR count). The van der Waals surface area contributed by atoms with Crippen molar-refractivity contribution in [3.05, 3.63) is 84.4 Å². The largest absolute Gasteiger partial charge is 0.497 e. The summed E-state index contributed by atoms with van der Waals surface area (Å²) in [5.74, 6) is 0.955. The summed E-state index contributed by atoms with van der Waals surface area (Å²) in [4.78, 5) is 32.7. The van der Waals surface area contributed by atoms with Gasteiger partial charge >= 0.3 is 0 Å². The van der Waals surface area contributed by atoms with Crippen LogP contribution in [0.4, 0.5) is 11.4 Å². The van der Waals surface area contributed by atoms with Gasteiger partial charge in [0, 0.05) is 13.0 Å². The van der Waals surface area contributed by atoms with Crippen molar-refractivity contribution < 1.29 is 19.1 Å². The third-order valence-corrected chi connectivity index (χ3v) is 6.75. The highest BCUT2D eigenvalue weighted by Crippen LogP contribution is 2.31. The lowest BCUT2D eigenvalue weighted by Crippen LogP contribution is -2.46. The van der Waals surface area contributed by atoms with E-state index in [2.05, 4.69) is 5.32 Å². The topological polar surface area (TPSA) is 80.2 Å². The van der Waals surface area contributed by atoms with Gasteiger partial charge in [-0.15, -0.1) is 0 Å². The number of benzene rings is 3. The van der Waals surface area contributed by atoms with Gasteiger partial charge in [0.15, 0.2) is 5.17 Å². The highest BCUT2D eigenvalue weighted by molar-refractivity contribution is 8.15. The Morgan fingerprint density at radius 3 is 2.43 bits per heavy atom. The van der Waals surface area contributed by atoms with Crippen molar-refractivity contribution in [2.45, 2.75) is 18.1 Å².